The molecule has 0 aliphatic rings. The van der Waals surface area contributed by atoms with Crippen LogP contribution in [0.15, 0.2) is 60.8 Å². The summed E-state index contributed by atoms with van der Waals surface area (Å²) in [7, 11) is 0. The number of hydrogen-bond donors (Lipinski definition) is 1. The summed E-state index contributed by atoms with van der Waals surface area (Å²) in [5.74, 6) is 1.01. The average molecular weight is 382 g/mol. The maximum Gasteiger partial charge on any atom is 0.267 e. The van der Waals surface area contributed by atoms with E-state index in [1.165, 1.54) is 0 Å². The van der Waals surface area contributed by atoms with Gasteiger partial charge in [0.15, 0.2) is 5.60 Å². The Bertz CT molecular complexity index is 956. The maximum absolute atomic E-state index is 12.7. The van der Waals surface area contributed by atoms with Gasteiger partial charge in [-0.3, -0.25) is 4.79 Å². The number of amides is 1. The highest BCUT2D eigenvalue weighted by Crippen LogP contribution is 2.24. The monoisotopic (exact) mass is 381 g/mol. The largest absolute Gasteiger partial charge is 0.478 e. The zero-order chi connectivity index (χ0) is 19.4. The molecular weight excluding hydrogens is 362 g/mol. The summed E-state index contributed by atoms with van der Waals surface area (Å²) >= 11 is 5.88. The molecule has 1 N–H and O–H groups in total. The lowest BCUT2D eigenvalue weighted by Crippen LogP contribution is -2.42. The van der Waals surface area contributed by atoms with Crippen molar-refractivity contribution in [2.24, 2.45) is 0 Å². The molecule has 0 bridgehead atoms. The fraction of sp³-hybridized carbons (Fsp3) is 0.190. The lowest BCUT2D eigenvalue weighted by molar-refractivity contribution is -0.128. The van der Waals surface area contributed by atoms with Crippen LogP contribution in [0.3, 0.4) is 0 Å². The fourth-order valence-corrected chi connectivity index (χ4v) is 2.62. The molecule has 0 aliphatic heterocycles. The van der Waals surface area contributed by atoms with Crippen LogP contribution < -0.4 is 10.1 Å². The van der Waals surface area contributed by atoms with E-state index < -0.39 is 5.60 Å². The molecule has 1 amide bonds. The van der Waals surface area contributed by atoms with Crippen molar-refractivity contribution in [3.63, 3.8) is 0 Å². The van der Waals surface area contributed by atoms with Crippen molar-refractivity contribution in [3.8, 4) is 17.0 Å². The van der Waals surface area contributed by atoms with E-state index in [0.29, 0.717) is 22.3 Å². The van der Waals surface area contributed by atoms with Gasteiger partial charge < -0.3 is 10.1 Å². The number of carbonyl (C=O) groups excluding carboxylic acids is 1. The SMILES string of the molecule is Cc1nccc(-c2cccc(NC(=O)C(C)(C)Oc3ccc(Cl)cc3)c2)n1. The summed E-state index contributed by atoms with van der Waals surface area (Å²) in [6.07, 6.45) is 1.71. The Hall–Kier alpha value is -2.92. The minimum Gasteiger partial charge on any atom is -0.478 e. The highest BCUT2D eigenvalue weighted by Gasteiger charge is 2.30. The van der Waals surface area contributed by atoms with Crippen LogP contribution in [-0.4, -0.2) is 21.5 Å². The molecule has 2 aromatic carbocycles. The van der Waals surface area contributed by atoms with E-state index in [1.807, 2.05) is 37.3 Å². The molecule has 0 saturated carbocycles. The first-order valence-electron chi connectivity index (χ1n) is 8.50. The fourth-order valence-electron chi connectivity index (χ4n) is 2.50. The minimum atomic E-state index is -1.06. The Morgan fingerprint density at radius 2 is 1.85 bits per heavy atom. The topological polar surface area (TPSA) is 64.1 Å². The van der Waals surface area contributed by atoms with Crippen LogP contribution in [0.2, 0.25) is 5.02 Å². The third-order valence-electron chi connectivity index (χ3n) is 3.93. The quantitative estimate of drug-likeness (QED) is 0.682. The lowest BCUT2D eigenvalue weighted by Gasteiger charge is -2.25. The molecule has 3 rings (SSSR count). The Labute approximate surface area is 163 Å². The summed E-state index contributed by atoms with van der Waals surface area (Å²) in [6, 6.07) is 16.2. The van der Waals surface area contributed by atoms with Gasteiger partial charge in [0.05, 0.1) is 5.69 Å². The van der Waals surface area contributed by atoms with Crippen LogP contribution in [0.1, 0.15) is 19.7 Å². The molecule has 0 radical (unpaired) electrons. The second kappa shape index (κ2) is 7.76. The van der Waals surface area contributed by atoms with Crippen molar-refractivity contribution in [1.82, 2.24) is 9.97 Å². The first-order chi connectivity index (χ1) is 12.8. The third-order valence-corrected chi connectivity index (χ3v) is 4.18. The predicted octanol–water partition coefficient (Wildman–Crippen LogP) is 4.90. The standard InChI is InChI=1S/C21H20ClN3O2/c1-14-23-12-11-19(24-14)15-5-4-6-17(13-15)25-20(26)21(2,3)27-18-9-7-16(22)8-10-18/h4-13H,1-3H3,(H,25,26). The molecule has 0 fully saturated rings. The molecule has 6 heteroatoms. The Kier molecular flexibility index (Phi) is 5.42. The van der Waals surface area contributed by atoms with Crippen LogP contribution in [0.5, 0.6) is 5.75 Å². The normalized spacial score (nSPS) is 11.1. The van der Waals surface area contributed by atoms with E-state index in [4.69, 9.17) is 16.3 Å². The molecule has 0 atom stereocenters. The number of nitrogens with zero attached hydrogens (tertiary/aromatic N) is 2. The third kappa shape index (κ3) is 4.83. The highest BCUT2D eigenvalue weighted by atomic mass is 35.5. The number of benzene rings is 2. The lowest BCUT2D eigenvalue weighted by atomic mass is 10.1. The smallest absolute Gasteiger partial charge is 0.267 e. The van der Waals surface area contributed by atoms with Crippen molar-refractivity contribution in [2.75, 3.05) is 5.32 Å². The van der Waals surface area contributed by atoms with Crippen LogP contribution in [0.4, 0.5) is 5.69 Å². The maximum atomic E-state index is 12.7. The van der Waals surface area contributed by atoms with E-state index in [1.54, 1.807) is 44.3 Å². The van der Waals surface area contributed by atoms with Gasteiger partial charge in [-0.15, -0.1) is 0 Å². The summed E-state index contributed by atoms with van der Waals surface area (Å²) in [5, 5.41) is 3.52. The number of aromatic nitrogens is 2. The number of hydrogen-bond acceptors (Lipinski definition) is 4. The van der Waals surface area contributed by atoms with Gasteiger partial charge >= 0.3 is 0 Å². The van der Waals surface area contributed by atoms with Crippen molar-refractivity contribution in [3.05, 3.63) is 71.6 Å². The first kappa shape index (κ1) is 18.9. The van der Waals surface area contributed by atoms with Crippen molar-refractivity contribution < 1.29 is 9.53 Å². The second-order valence-corrected chi connectivity index (χ2v) is 7.03. The van der Waals surface area contributed by atoms with Gasteiger partial charge in [0.2, 0.25) is 0 Å². The Balaban J connectivity index is 1.75. The van der Waals surface area contributed by atoms with Crippen molar-refractivity contribution in [2.45, 2.75) is 26.4 Å². The molecule has 138 valence electrons. The first-order valence-corrected chi connectivity index (χ1v) is 8.87. The molecule has 0 spiro atoms. The second-order valence-electron chi connectivity index (χ2n) is 6.59. The molecule has 1 heterocycles. The number of aryl methyl sites for hydroxylation is 1. The molecule has 0 unspecified atom stereocenters. The van der Waals surface area contributed by atoms with Crippen LogP contribution in [0.25, 0.3) is 11.3 Å². The van der Waals surface area contributed by atoms with E-state index in [0.717, 1.165) is 11.3 Å². The number of anilines is 1. The summed E-state index contributed by atoms with van der Waals surface area (Å²) < 4.78 is 5.83. The number of rotatable bonds is 5. The molecule has 3 aromatic rings. The summed E-state index contributed by atoms with van der Waals surface area (Å²) in [6.45, 7) is 5.27. The molecule has 0 saturated heterocycles. The van der Waals surface area contributed by atoms with Gasteiger partial charge in [-0.2, -0.15) is 0 Å². The van der Waals surface area contributed by atoms with E-state index in [2.05, 4.69) is 15.3 Å². The number of ether oxygens (including phenoxy) is 1. The number of nitrogens with one attached hydrogen (secondary N) is 1. The van der Waals surface area contributed by atoms with E-state index >= 15 is 0 Å². The molecule has 0 aliphatic carbocycles. The van der Waals surface area contributed by atoms with Gasteiger partial charge in [0.25, 0.3) is 5.91 Å². The van der Waals surface area contributed by atoms with Gasteiger partial charge in [0.1, 0.15) is 11.6 Å². The Morgan fingerprint density at radius 3 is 2.56 bits per heavy atom. The molecule has 1 aromatic heterocycles. The van der Waals surface area contributed by atoms with Gasteiger partial charge in [-0.05, 0) is 63.2 Å². The summed E-state index contributed by atoms with van der Waals surface area (Å²) in [4.78, 5) is 21.2. The van der Waals surface area contributed by atoms with Gasteiger partial charge in [-0.25, -0.2) is 9.97 Å². The number of carbonyl (C=O) groups is 1. The predicted molar refractivity (Wildman–Crippen MR) is 107 cm³/mol. The summed E-state index contributed by atoms with van der Waals surface area (Å²) in [5.41, 5.74) is 1.31. The minimum absolute atomic E-state index is 0.256. The van der Waals surface area contributed by atoms with Crippen molar-refractivity contribution in [1.29, 1.82) is 0 Å². The van der Waals surface area contributed by atoms with E-state index in [-0.39, 0.29) is 5.91 Å². The zero-order valence-electron chi connectivity index (χ0n) is 15.4. The van der Waals surface area contributed by atoms with Crippen LogP contribution in [-0.2, 0) is 4.79 Å². The van der Waals surface area contributed by atoms with Crippen LogP contribution >= 0.6 is 11.6 Å². The molecular formula is C21H20ClN3O2. The zero-order valence-corrected chi connectivity index (χ0v) is 16.1. The number of halogens is 1. The van der Waals surface area contributed by atoms with Crippen molar-refractivity contribution >= 4 is 23.2 Å². The van der Waals surface area contributed by atoms with E-state index in [9.17, 15) is 4.79 Å². The van der Waals surface area contributed by atoms with Gasteiger partial charge in [0, 0.05) is 22.5 Å². The molecule has 27 heavy (non-hydrogen) atoms. The molecule has 5 nitrogen and oxygen atoms in total. The van der Waals surface area contributed by atoms with Crippen LogP contribution in [0, 0.1) is 6.92 Å². The highest BCUT2D eigenvalue weighted by molar-refractivity contribution is 6.30. The Morgan fingerprint density at radius 1 is 1.11 bits per heavy atom. The van der Waals surface area contributed by atoms with Gasteiger partial charge in [-0.1, -0.05) is 23.7 Å². The average Bonchev–Trinajstić information content (AvgIpc) is 2.64.